The molecule has 0 bridgehead atoms. The van der Waals surface area contributed by atoms with Crippen molar-refractivity contribution < 1.29 is 18.7 Å². The number of nitrogens with zero attached hydrogens (tertiary/aromatic N) is 1. The summed E-state index contributed by atoms with van der Waals surface area (Å²) in [6, 6.07) is 14.7. The van der Waals surface area contributed by atoms with Crippen molar-refractivity contribution in [3.05, 3.63) is 70.2 Å². The van der Waals surface area contributed by atoms with E-state index in [1.54, 1.807) is 24.3 Å². The number of benzene rings is 2. The van der Waals surface area contributed by atoms with Crippen LogP contribution in [-0.4, -0.2) is 23.1 Å². The van der Waals surface area contributed by atoms with Gasteiger partial charge < -0.3 is 14.5 Å². The van der Waals surface area contributed by atoms with E-state index in [1.165, 1.54) is 4.57 Å². The lowest BCUT2D eigenvalue weighted by Gasteiger charge is -2.07. The fourth-order valence-electron chi connectivity index (χ4n) is 2.60. The van der Waals surface area contributed by atoms with Crippen molar-refractivity contribution in [1.29, 1.82) is 0 Å². The van der Waals surface area contributed by atoms with E-state index in [9.17, 15) is 14.4 Å². The Morgan fingerprint density at radius 1 is 1.11 bits per heavy atom. The molecular formula is C20H20N2O5. The van der Waals surface area contributed by atoms with Crippen molar-refractivity contribution >= 4 is 23.0 Å². The van der Waals surface area contributed by atoms with Crippen LogP contribution in [0.4, 0.5) is 0 Å². The van der Waals surface area contributed by atoms with Crippen LogP contribution in [-0.2, 0) is 27.4 Å². The number of esters is 1. The Morgan fingerprint density at radius 2 is 1.85 bits per heavy atom. The number of aryl methyl sites for hydroxylation is 2. The second-order valence-electron chi connectivity index (χ2n) is 6.16. The highest BCUT2D eigenvalue weighted by Gasteiger charge is 2.12. The molecule has 0 unspecified atom stereocenters. The van der Waals surface area contributed by atoms with Crippen LogP contribution in [0.5, 0.6) is 0 Å². The summed E-state index contributed by atoms with van der Waals surface area (Å²) >= 11 is 0. The maximum absolute atomic E-state index is 11.9. The van der Waals surface area contributed by atoms with E-state index in [1.807, 2.05) is 31.2 Å². The fourth-order valence-corrected chi connectivity index (χ4v) is 2.60. The van der Waals surface area contributed by atoms with Gasteiger partial charge in [-0.1, -0.05) is 42.0 Å². The molecule has 0 saturated carbocycles. The number of carbonyl (C=O) groups is 2. The summed E-state index contributed by atoms with van der Waals surface area (Å²) in [6.07, 6.45) is -0.0331. The lowest BCUT2D eigenvalue weighted by atomic mass is 10.1. The quantitative estimate of drug-likeness (QED) is 0.646. The van der Waals surface area contributed by atoms with Crippen LogP contribution >= 0.6 is 0 Å². The maximum atomic E-state index is 11.9. The zero-order valence-electron chi connectivity index (χ0n) is 14.9. The van der Waals surface area contributed by atoms with Gasteiger partial charge in [0.1, 0.15) is 0 Å². The van der Waals surface area contributed by atoms with Crippen molar-refractivity contribution in [3.63, 3.8) is 0 Å². The number of hydrogen-bond donors (Lipinski definition) is 1. The van der Waals surface area contributed by atoms with E-state index in [2.05, 4.69) is 5.32 Å². The largest absolute Gasteiger partial charge is 0.456 e. The van der Waals surface area contributed by atoms with Gasteiger partial charge in [-0.15, -0.1) is 0 Å². The molecule has 0 saturated heterocycles. The number of nitrogens with one attached hydrogen (secondary N) is 1. The van der Waals surface area contributed by atoms with Crippen LogP contribution in [0.15, 0.2) is 57.7 Å². The van der Waals surface area contributed by atoms with Crippen molar-refractivity contribution in [2.75, 3.05) is 6.61 Å². The van der Waals surface area contributed by atoms with E-state index >= 15 is 0 Å². The number of fused-ring (bicyclic) bond motifs is 1. The molecule has 1 amide bonds. The molecule has 140 valence electrons. The Bertz CT molecular complexity index is 1000. The van der Waals surface area contributed by atoms with Gasteiger partial charge in [0.25, 0.3) is 5.91 Å². The van der Waals surface area contributed by atoms with E-state index in [0.717, 1.165) is 11.1 Å². The van der Waals surface area contributed by atoms with Crippen LogP contribution in [0.2, 0.25) is 0 Å². The minimum Gasteiger partial charge on any atom is -0.456 e. The molecule has 3 aromatic rings. The highest BCUT2D eigenvalue weighted by molar-refractivity contribution is 5.80. The maximum Gasteiger partial charge on any atom is 0.419 e. The summed E-state index contributed by atoms with van der Waals surface area (Å²) in [6.45, 7) is 2.13. The van der Waals surface area contributed by atoms with E-state index < -0.39 is 11.7 Å². The molecule has 7 heteroatoms. The summed E-state index contributed by atoms with van der Waals surface area (Å²) in [5.74, 6) is -1.47. The number of para-hydroxylation sites is 2. The van der Waals surface area contributed by atoms with Crippen molar-refractivity contribution in [1.82, 2.24) is 9.88 Å². The van der Waals surface area contributed by atoms with E-state index in [-0.39, 0.29) is 25.5 Å². The van der Waals surface area contributed by atoms with Crippen LogP contribution in [0.25, 0.3) is 11.1 Å². The van der Waals surface area contributed by atoms with Gasteiger partial charge >= 0.3 is 11.7 Å². The average molecular weight is 368 g/mol. The molecule has 1 N–H and O–H groups in total. The molecule has 0 aliphatic carbocycles. The molecule has 7 nitrogen and oxygen atoms in total. The number of hydrogen-bond acceptors (Lipinski definition) is 5. The third kappa shape index (κ3) is 4.84. The lowest BCUT2D eigenvalue weighted by Crippen LogP contribution is -2.28. The molecular weight excluding hydrogens is 348 g/mol. The minimum atomic E-state index is -0.558. The number of aromatic nitrogens is 1. The Morgan fingerprint density at radius 3 is 2.63 bits per heavy atom. The topological polar surface area (TPSA) is 90.5 Å². The van der Waals surface area contributed by atoms with Crippen molar-refractivity contribution in [2.45, 2.75) is 26.4 Å². The van der Waals surface area contributed by atoms with Crippen LogP contribution < -0.4 is 11.1 Å². The molecule has 0 radical (unpaired) electrons. The van der Waals surface area contributed by atoms with Crippen molar-refractivity contribution in [2.24, 2.45) is 0 Å². The third-order valence-corrected chi connectivity index (χ3v) is 4.09. The Balaban J connectivity index is 1.44. The smallest absolute Gasteiger partial charge is 0.419 e. The Hall–Kier alpha value is -3.35. The van der Waals surface area contributed by atoms with Crippen molar-refractivity contribution in [3.8, 4) is 0 Å². The highest BCUT2D eigenvalue weighted by Crippen LogP contribution is 2.12. The Kier molecular flexibility index (Phi) is 5.71. The first-order chi connectivity index (χ1) is 13.0. The first-order valence-corrected chi connectivity index (χ1v) is 8.59. The zero-order valence-corrected chi connectivity index (χ0v) is 14.9. The average Bonchev–Trinajstić information content (AvgIpc) is 2.99. The van der Waals surface area contributed by atoms with Gasteiger partial charge in [-0.25, -0.2) is 4.79 Å². The van der Waals surface area contributed by atoms with Gasteiger partial charge in [-0.2, -0.15) is 0 Å². The van der Waals surface area contributed by atoms with Gasteiger partial charge in [-0.3, -0.25) is 14.2 Å². The molecule has 0 spiro atoms. The molecule has 27 heavy (non-hydrogen) atoms. The number of amides is 1. The number of rotatable bonds is 7. The summed E-state index contributed by atoms with van der Waals surface area (Å²) in [7, 11) is 0. The summed E-state index contributed by atoms with van der Waals surface area (Å²) in [5, 5.41) is 2.69. The van der Waals surface area contributed by atoms with Gasteiger partial charge in [0, 0.05) is 13.1 Å². The van der Waals surface area contributed by atoms with E-state index in [4.69, 9.17) is 9.15 Å². The molecule has 0 aliphatic heterocycles. The zero-order chi connectivity index (χ0) is 19.2. The van der Waals surface area contributed by atoms with Gasteiger partial charge in [0.05, 0.1) is 11.9 Å². The molecule has 0 atom stereocenters. The lowest BCUT2D eigenvalue weighted by molar-refractivity contribution is -0.148. The molecule has 1 aromatic heterocycles. The fraction of sp³-hybridized carbons (Fsp3) is 0.250. The second kappa shape index (κ2) is 8.35. The van der Waals surface area contributed by atoms with Crippen LogP contribution in [0, 0.1) is 6.92 Å². The summed E-state index contributed by atoms with van der Waals surface area (Å²) in [5.41, 5.74) is 3.19. The van der Waals surface area contributed by atoms with Crippen LogP contribution in [0.3, 0.4) is 0 Å². The normalized spacial score (nSPS) is 10.7. The molecule has 3 rings (SSSR count). The highest BCUT2D eigenvalue weighted by atomic mass is 16.5. The number of ether oxygens (including phenoxy) is 1. The van der Waals surface area contributed by atoms with Crippen LogP contribution in [0.1, 0.15) is 17.5 Å². The Labute approximate surface area is 155 Å². The molecule has 0 aliphatic rings. The third-order valence-electron chi connectivity index (χ3n) is 4.09. The number of oxazole rings is 1. The second-order valence-corrected chi connectivity index (χ2v) is 6.16. The monoisotopic (exact) mass is 368 g/mol. The molecule has 1 heterocycles. The number of carbonyl (C=O) groups excluding carboxylic acids is 2. The first-order valence-electron chi connectivity index (χ1n) is 8.59. The van der Waals surface area contributed by atoms with E-state index in [0.29, 0.717) is 17.6 Å². The standard InChI is InChI=1S/C20H20N2O5/c1-14-6-8-15(9-7-14)12-21-18(23)13-26-19(24)10-11-22-16-4-2-3-5-17(16)27-20(22)25/h2-9H,10-13H2,1H3,(H,21,23). The predicted molar refractivity (Wildman–Crippen MR) is 99.1 cm³/mol. The molecule has 0 fully saturated rings. The van der Waals surface area contributed by atoms with Gasteiger partial charge in [-0.05, 0) is 24.6 Å². The van der Waals surface area contributed by atoms with Gasteiger partial charge in [0.2, 0.25) is 0 Å². The summed E-state index contributed by atoms with van der Waals surface area (Å²) < 4.78 is 11.4. The summed E-state index contributed by atoms with van der Waals surface area (Å²) in [4.78, 5) is 35.5. The first kappa shape index (κ1) is 18.4. The minimum absolute atomic E-state index is 0.0331. The van der Waals surface area contributed by atoms with Gasteiger partial charge in [0.15, 0.2) is 12.2 Å². The molecule has 2 aromatic carbocycles. The SMILES string of the molecule is Cc1ccc(CNC(=O)COC(=O)CCn2c(=O)oc3ccccc32)cc1. The predicted octanol–water partition coefficient (Wildman–Crippen LogP) is 2.15.